The number of anilines is 2. The summed E-state index contributed by atoms with van der Waals surface area (Å²) in [4.78, 5) is 33.3. The molecule has 0 saturated carbocycles. The van der Waals surface area contributed by atoms with Crippen molar-refractivity contribution >= 4 is 39.2 Å². The molecule has 2 heterocycles. The van der Waals surface area contributed by atoms with E-state index in [1.807, 2.05) is 0 Å². The summed E-state index contributed by atoms with van der Waals surface area (Å²) in [5, 5.41) is 3.10. The molecule has 2 amide bonds. The number of aromatic nitrogens is 2. The van der Waals surface area contributed by atoms with Crippen LogP contribution in [-0.4, -0.2) is 33.7 Å². The summed E-state index contributed by atoms with van der Waals surface area (Å²) in [6.07, 6.45) is 0. The van der Waals surface area contributed by atoms with Crippen LogP contribution in [0.4, 0.5) is 11.5 Å². The standard InChI is InChI=1S/C14H11BrN4O2/c1-7-16-11(15)6-12(17-7)18-8-3-4-9-10(5-8)14(21)19(2)13(9)20/h3-6H,1-2H3,(H,16,17,18). The van der Waals surface area contributed by atoms with E-state index in [0.717, 1.165) is 4.90 Å². The van der Waals surface area contributed by atoms with Gasteiger partial charge in [0.25, 0.3) is 11.8 Å². The van der Waals surface area contributed by atoms with Gasteiger partial charge in [-0.15, -0.1) is 0 Å². The molecular formula is C14H11BrN4O2. The van der Waals surface area contributed by atoms with Gasteiger partial charge in [0.1, 0.15) is 16.2 Å². The topological polar surface area (TPSA) is 75.2 Å². The fourth-order valence-corrected chi connectivity index (χ4v) is 2.66. The average molecular weight is 347 g/mol. The van der Waals surface area contributed by atoms with Crippen molar-refractivity contribution in [3.8, 4) is 0 Å². The summed E-state index contributed by atoms with van der Waals surface area (Å²) in [7, 11) is 1.47. The Bertz CT molecular complexity index is 755. The van der Waals surface area contributed by atoms with Crippen LogP contribution in [0.25, 0.3) is 0 Å². The highest BCUT2D eigenvalue weighted by molar-refractivity contribution is 9.10. The Labute approximate surface area is 129 Å². The number of benzene rings is 1. The molecule has 0 bridgehead atoms. The second-order valence-electron chi connectivity index (χ2n) is 4.68. The number of hydrogen-bond acceptors (Lipinski definition) is 5. The van der Waals surface area contributed by atoms with Crippen LogP contribution in [0.5, 0.6) is 0 Å². The third kappa shape index (κ3) is 2.40. The maximum atomic E-state index is 12.0. The zero-order valence-electron chi connectivity index (χ0n) is 11.3. The lowest BCUT2D eigenvalue weighted by molar-refractivity contribution is 0.0693. The van der Waals surface area contributed by atoms with E-state index in [9.17, 15) is 9.59 Å². The highest BCUT2D eigenvalue weighted by Crippen LogP contribution is 2.26. The highest BCUT2D eigenvalue weighted by Gasteiger charge is 2.32. The number of rotatable bonds is 2. The van der Waals surface area contributed by atoms with Gasteiger partial charge < -0.3 is 5.32 Å². The van der Waals surface area contributed by atoms with E-state index in [2.05, 4.69) is 31.2 Å². The van der Waals surface area contributed by atoms with Gasteiger partial charge in [0, 0.05) is 18.8 Å². The van der Waals surface area contributed by atoms with Crippen LogP contribution >= 0.6 is 15.9 Å². The van der Waals surface area contributed by atoms with E-state index in [1.54, 1.807) is 31.2 Å². The molecule has 0 saturated heterocycles. The molecule has 3 rings (SSSR count). The Morgan fingerprint density at radius 2 is 1.81 bits per heavy atom. The first-order valence-electron chi connectivity index (χ1n) is 6.20. The fourth-order valence-electron chi connectivity index (χ4n) is 2.18. The van der Waals surface area contributed by atoms with Crippen LogP contribution in [0.2, 0.25) is 0 Å². The average Bonchev–Trinajstić information content (AvgIpc) is 2.63. The van der Waals surface area contributed by atoms with Crippen molar-refractivity contribution in [3.63, 3.8) is 0 Å². The SMILES string of the molecule is Cc1nc(Br)cc(Nc2ccc3c(c2)C(=O)N(C)C3=O)n1. The van der Waals surface area contributed by atoms with Crippen molar-refractivity contribution in [2.75, 3.05) is 12.4 Å². The molecule has 106 valence electrons. The quantitative estimate of drug-likeness (QED) is 0.667. The van der Waals surface area contributed by atoms with Crippen LogP contribution in [0.1, 0.15) is 26.5 Å². The summed E-state index contributed by atoms with van der Waals surface area (Å²) < 4.78 is 0.671. The number of fused-ring (bicyclic) bond motifs is 1. The molecule has 1 aromatic carbocycles. The van der Waals surface area contributed by atoms with Gasteiger partial charge in [-0.3, -0.25) is 14.5 Å². The van der Waals surface area contributed by atoms with Crippen LogP contribution in [0.15, 0.2) is 28.9 Å². The van der Waals surface area contributed by atoms with E-state index in [-0.39, 0.29) is 11.8 Å². The van der Waals surface area contributed by atoms with Crippen LogP contribution in [-0.2, 0) is 0 Å². The minimum absolute atomic E-state index is 0.276. The van der Waals surface area contributed by atoms with Gasteiger partial charge in [-0.1, -0.05) is 0 Å². The first-order valence-corrected chi connectivity index (χ1v) is 6.99. The minimum atomic E-state index is -0.293. The Hall–Kier alpha value is -2.28. The molecule has 0 spiro atoms. The fraction of sp³-hybridized carbons (Fsp3) is 0.143. The smallest absolute Gasteiger partial charge is 0.261 e. The zero-order valence-corrected chi connectivity index (χ0v) is 12.9. The normalized spacial score (nSPS) is 13.6. The lowest BCUT2D eigenvalue weighted by Gasteiger charge is -2.07. The molecular weight excluding hydrogens is 336 g/mol. The van der Waals surface area contributed by atoms with E-state index in [1.165, 1.54) is 7.05 Å². The number of nitrogens with zero attached hydrogens (tertiary/aromatic N) is 3. The maximum absolute atomic E-state index is 12.0. The number of aryl methyl sites for hydroxylation is 1. The molecule has 0 unspecified atom stereocenters. The molecule has 21 heavy (non-hydrogen) atoms. The molecule has 0 fully saturated rings. The van der Waals surface area contributed by atoms with Gasteiger partial charge in [0.15, 0.2) is 0 Å². The third-order valence-electron chi connectivity index (χ3n) is 3.17. The number of carbonyl (C=O) groups excluding carboxylic acids is 2. The number of carbonyl (C=O) groups is 2. The van der Waals surface area contributed by atoms with E-state index >= 15 is 0 Å². The Morgan fingerprint density at radius 1 is 1.10 bits per heavy atom. The Morgan fingerprint density at radius 3 is 2.52 bits per heavy atom. The molecule has 6 nitrogen and oxygen atoms in total. The van der Waals surface area contributed by atoms with Crippen LogP contribution < -0.4 is 5.32 Å². The van der Waals surface area contributed by atoms with Crippen molar-refractivity contribution in [2.24, 2.45) is 0 Å². The van der Waals surface area contributed by atoms with Crippen molar-refractivity contribution in [3.05, 3.63) is 45.8 Å². The molecule has 1 aromatic heterocycles. The van der Waals surface area contributed by atoms with Crippen LogP contribution in [0, 0.1) is 6.92 Å². The summed E-state index contributed by atoms with van der Waals surface area (Å²) in [5.41, 5.74) is 1.51. The predicted molar refractivity (Wildman–Crippen MR) is 80.6 cm³/mol. The zero-order chi connectivity index (χ0) is 15.1. The highest BCUT2D eigenvalue weighted by atomic mass is 79.9. The number of halogens is 1. The first kappa shape index (κ1) is 13.7. The van der Waals surface area contributed by atoms with Crippen LogP contribution in [0.3, 0.4) is 0 Å². The van der Waals surface area contributed by atoms with Crippen molar-refractivity contribution in [1.29, 1.82) is 0 Å². The molecule has 1 aliphatic heterocycles. The third-order valence-corrected chi connectivity index (χ3v) is 3.57. The molecule has 1 N–H and O–H groups in total. The van der Waals surface area contributed by atoms with Crippen molar-refractivity contribution < 1.29 is 9.59 Å². The molecule has 0 atom stereocenters. The minimum Gasteiger partial charge on any atom is -0.340 e. The van der Waals surface area contributed by atoms with E-state index in [4.69, 9.17) is 0 Å². The molecule has 2 aromatic rings. The predicted octanol–water partition coefficient (Wildman–Crippen LogP) is 2.52. The second-order valence-corrected chi connectivity index (χ2v) is 5.49. The van der Waals surface area contributed by atoms with Gasteiger partial charge in [-0.2, -0.15) is 0 Å². The Kier molecular flexibility index (Phi) is 3.21. The number of nitrogens with one attached hydrogen (secondary N) is 1. The monoisotopic (exact) mass is 346 g/mol. The molecule has 1 aliphatic rings. The maximum Gasteiger partial charge on any atom is 0.261 e. The lowest BCUT2D eigenvalue weighted by Crippen LogP contribution is -2.24. The van der Waals surface area contributed by atoms with Gasteiger partial charge >= 0.3 is 0 Å². The van der Waals surface area contributed by atoms with Gasteiger partial charge in [0.05, 0.1) is 11.1 Å². The van der Waals surface area contributed by atoms with Crippen molar-refractivity contribution in [1.82, 2.24) is 14.9 Å². The summed E-state index contributed by atoms with van der Waals surface area (Å²) >= 11 is 3.30. The van der Waals surface area contributed by atoms with Gasteiger partial charge in [-0.05, 0) is 41.1 Å². The lowest BCUT2D eigenvalue weighted by atomic mass is 10.1. The summed E-state index contributed by atoms with van der Waals surface area (Å²) in [6.45, 7) is 1.79. The Balaban J connectivity index is 1.95. The van der Waals surface area contributed by atoms with E-state index in [0.29, 0.717) is 33.1 Å². The molecule has 7 heteroatoms. The number of amides is 2. The molecule has 0 radical (unpaired) electrons. The second kappa shape index (κ2) is 4.92. The molecule has 0 aliphatic carbocycles. The largest absolute Gasteiger partial charge is 0.340 e. The van der Waals surface area contributed by atoms with E-state index < -0.39 is 0 Å². The van der Waals surface area contributed by atoms with Crippen molar-refractivity contribution in [2.45, 2.75) is 6.92 Å². The number of hydrogen-bond donors (Lipinski definition) is 1. The van der Waals surface area contributed by atoms with Gasteiger partial charge in [-0.25, -0.2) is 9.97 Å². The number of imide groups is 1. The summed E-state index contributed by atoms with van der Waals surface area (Å²) in [6, 6.07) is 6.78. The first-order chi connectivity index (χ1) is 9.95. The summed E-state index contributed by atoms with van der Waals surface area (Å²) in [5.74, 6) is 0.666. The van der Waals surface area contributed by atoms with Gasteiger partial charge in [0.2, 0.25) is 0 Å².